The van der Waals surface area contributed by atoms with Gasteiger partial charge in [0.05, 0.1) is 17.5 Å². The zero-order valence-corrected chi connectivity index (χ0v) is 13.6. The van der Waals surface area contributed by atoms with Crippen LogP contribution in [0.15, 0.2) is 47.9 Å². The average molecular weight is 340 g/mol. The summed E-state index contributed by atoms with van der Waals surface area (Å²) in [7, 11) is 0. The number of anilines is 1. The number of nitrogens with one attached hydrogen (secondary N) is 1. The van der Waals surface area contributed by atoms with Gasteiger partial charge < -0.3 is 10.4 Å². The number of hydrogen-bond donors (Lipinski definition) is 2. The van der Waals surface area contributed by atoms with E-state index in [1.54, 1.807) is 0 Å². The van der Waals surface area contributed by atoms with Crippen LogP contribution >= 0.6 is 11.3 Å². The Morgan fingerprint density at radius 3 is 2.54 bits per heavy atom. The van der Waals surface area contributed by atoms with E-state index in [1.807, 2.05) is 47.9 Å². The molecule has 2 N–H and O–H groups in total. The van der Waals surface area contributed by atoms with Crippen LogP contribution in [0.3, 0.4) is 0 Å². The molecular weight excluding hydrogens is 324 g/mol. The van der Waals surface area contributed by atoms with Crippen molar-refractivity contribution < 1.29 is 14.7 Å². The topological polar surface area (TPSA) is 79.3 Å². The highest BCUT2D eigenvalue weighted by Gasteiger charge is 2.51. The number of fused-ring (bicyclic) bond motifs is 2. The Kier molecular flexibility index (Phi) is 3.69. The molecule has 24 heavy (non-hydrogen) atoms. The minimum absolute atomic E-state index is 0.0182. The largest absolute Gasteiger partial charge is 0.481 e. The summed E-state index contributed by atoms with van der Waals surface area (Å²) in [6.45, 7) is 0. The predicted molar refractivity (Wildman–Crippen MR) is 91.5 cm³/mol. The standard InChI is InChI=1S/C18H16N2O3S/c21-16(14-11-6-7-12(8-11)15(14)17(22)23)20-18-19-13(9-24-18)10-4-2-1-3-5-10/h1-7,9,11-12,14-15H,8H2,(H,22,23)(H,19,20,21)/t11-,12+,14+,15-/m0/s1. The summed E-state index contributed by atoms with van der Waals surface area (Å²) >= 11 is 1.35. The number of carboxylic acids is 1. The van der Waals surface area contributed by atoms with E-state index in [2.05, 4.69) is 10.3 Å². The van der Waals surface area contributed by atoms with Crippen LogP contribution in [0, 0.1) is 23.7 Å². The van der Waals surface area contributed by atoms with Crippen LogP contribution in [0.2, 0.25) is 0 Å². The molecule has 1 amide bonds. The Hall–Kier alpha value is -2.47. The molecule has 2 bridgehead atoms. The molecule has 0 radical (unpaired) electrons. The molecule has 6 heteroatoms. The van der Waals surface area contributed by atoms with E-state index in [0.717, 1.165) is 17.7 Å². The first-order valence-corrected chi connectivity index (χ1v) is 8.74. The summed E-state index contributed by atoms with van der Waals surface area (Å²) in [5.41, 5.74) is 1.79. The van der Waals surface area contributed by atoms with Crippen LogP contribution in [0.4, 0.5) is 5.13 Å². The van der Waals surface area contributed by atoms with Crippen LogP contribution in [-0.2, 0) is 9.59 Å². The van der Waals surface area contributed by atoms with Crippen molar-refractivity contribution in [3.63, 3.8) is 0 Å². The fourth-order valence-corrected chi connectivity index (χ4v) is 4.50. The number of carboxylic acid groups (broad SMARTS) is 1. The number of benzene rings is 1. The highest BCUT2D eigenvalue weighted by atomic mass is 32.1. The minimum atomic E-state index is -0.892. The first-order valence-electron chi connectivity index (χ1n) is 7.86. The summed E-state index contributed by atoms with van der Waals surface area (Å²) in [6, 6.07) is 9.73. The third-order valence-corrected chi connectivity index (χ3v) is 5.61. The number of hydrogen-bond acceptors (Lipinski definition) is 4. The van der Waals surface area contributed by atoms with E-state index >= 15 is 0 Å². The van der Waals surface area contributed by atoms with Gasteiger partial charge in [-0.05, 0) is 18.3 Å². The van der Waals surface area contributed by atoms with Gasteiger partial charge in [0.25, 0.3) is 0 Å². The molecule has 4 atom stereocenters. The Morgan fingerprint density at radius 2 is 1.83 bits per heavy atom. The van der Waals surface area contributed by atoms with Crippen molar-refractivity contribution in [1.29, 1.82) is 0 Å². The molecule has 2 aliphatic rings. The van der Waals surface area contributed by atoms with Gasteiger partial charge in [-0.15, -0.1) is 11.3 Å². The molecule has 1 aromatic carbocycles. The van der Waals surface area contributed by atoms with Crippen molar-refractivity contribution in [3.8, 4) is 11.3 Å². The molecule has 122 valence electrons. The van der Waals surface area contributed by atoms with Crippen LogP contribution in [-0.4, -0.2) is 22.0 Å². The van der Waals surface area contributed by atoms with Crippen molar-refractivity contribution in [2.75, 3.05) is 5.32 Å². The summed E-state index contributed by atoms with van der Waals surface area (Å²) in [6.07, 6.45) is 4.66. The fourth-order valence-electron chi connectivity index (χ4n) is 3.78. The number of allylic oxidation sites excluding steroid dienone is 2. The molecule has 5 nitrogen and oxygen atoms in total. The first-order chi connectivity index (χ1) is 11.6. The smallest absolute Gasteiger partial charge is 0.307 e. The van der Waals surface area contributed by atoms with E-state index in [0.29, 0.717) is 5.13 Å². The first kappa shape index (κ1) is 15.1. The summed E-state index contributed by atoms with van der Waals surface area (Å²) < 4.78 is 0. The fraction of sp³-hybridized carbons (Fsp3) is 0.278. The van der Waals surface area contributed by atoms with E-state index in [1.165, 1.54) is 11.3 Å². The molecule has 1 aromatic heterocycles. The molecule has 0 unspecified atom stereocenters. The summed E-state index contributed by atoms with van der Waals surface area (Å²) in [5, 5.41) is 14.7. The molecule has 2 aromatic rings. The Morgan fingerprint density at radius 1 is 1.12 bits per heavy atom. The van der Waals surface area contributed by atoms with Gasteiger partial charge in [-0.2, -0.15) is 0 Å². The zero-order valence-electron chi connectivity index (χ0n) is 12.8. The van der Waals surface area contributed by atoms with Gasteiger partial charge in [0, 0.05) is 10.9 Å². The molecule has 2 aliphatic carbocycles. The number of carbonyl (C=O) groups is 2. The van der Waals surface area contributed by atoms with Gasteiger partial charge >= 0.3 is 5.97 Å². The van der Waals surface area contributed by atoms with Crippen LogP contribution in [0.1, 0.15) is 6.42 Å². The quantitative estimate of drug-likeness (QED) is 0.837. The van der Waals surface area contributed by atoms with E-state index in [9.17, 15) is 14.7 Å². The van der Waals surface area contributed by atoms with Gasteiger partial charge in [-0.3, -0.25) is 9.59 Å². The van der Waals surface area contributed by atoms with Crippen molar-refractivity contribution in [2.24, 2.45) is 23.7 Å². The zero-order chi connectivity index (χ0) is 16.7. The number of carbonyl (C=O) groups excluding carboxylic acids is 1. The van der Waals surface area contributed by atoms with E-state index in [4.69, 9.17) is 0 Å². The normalized spacial score (nSPS) is 27.3. The van der Waals surface area contributed by atoms with Crippen LogP contribution < -0.4 is 5.32 Å². The van der Waals surface area contributed by atoms with Gasteiger partial charge in [-0.1, -0.05) is 42.5 Å². The lowest BCUT2D eigenvalue weighted by molar-refractivity contribution is -0.146. The molecular formula is C18H16N2O3S. The average Bonchev–Trinajstić information content (AvgIpc) is 3.30. The molecule has 4 rings (SSSR count). The third kappa shape index (κ3) is 2.53. The Balaban J connectivity index is 1.52. The number of aliphatic carboxylic acids is 1. The van der Waals surface area contributed by atoms with Crippen molar-refractivity contribution in [2.45, 2.75) is 6.42 Å². The second-order valence-corrected chi connectivity index (χ2v) is 7.09. The number of amides is 1. The van der Waals surface area contributed by atoms with Crippen molar-refractivity contribution >= 4 is 28.3 Å². The molecule has 1 heterocycles. The van der Waals surface area contributed by atoms with Crippen molar-refractivity contribution in [3.05, 3.63) is 47.9 Å². The molecule has 1 saturated carbocycles. The third-order valence-electron chi connectivity index (χ3n) is 4.85. The molecule has 0 saturated heterocycles. The lowest BCUT2D eigenvalue weighted by Gasteiger charge is -2.23. The predicted octanol–water partition coefficient (Wildman–Crippen LogP) is 3.27. The van der Waals surface area contributed by atoms with Gasteiger partial charge in [0.2, 0.25) is 5.91 Å². The maximum absolute atomic E-state index is 12.6. The lowest BCUT2D eigenvalue weighted by Crippen LogP contribution is -2.36. The van der Waals surface area contributed by atoms with Crippen LogP contribution in [0.5, 0.6) is 0 Å². The molecule has 1 fully saturated rings. The SMILES string of the molecule is O=C(O)[C@@H]1[C@H](C(=O)Nc2nc(-c3ccccc3)cs2)[C@H]2C=C[C@@H]1C2. The number of aromatic nitrogens is 1. The second kappa shape index (κ2) is 5.87. The van der Waals surface area contributed by atoms with Crippen molar-refractivity contribution in [1.82, 2.24) is 4.98 Å². The molecule has 0 aliphatic heterocycles. The van der Waals surface area contributed by atoms with E-state index in [-0.39, 0.29) is 17.7 Å². The number of rotatable bonds is 4. The lowest BCUT2D eigenvalue weighted by atomic mass is 9.82. The summed E-state index contributed by atoms with van der Waals surface area (Å²) in [4.78, 5) is 28.6. The Bertz CT molecular complexity index is 815. The van der Waals surface area contributed by atoms with Gasteiger partial charge in [0.15, 0.2) is 5.13 Å². The van der Waals surface area contributed by atoms with E-state index < -0.39 is 17.8 Å². The number of nitrogens with zero attached hydrogens (tertiary/aromatic N) is 1. The van der Waals surface area contributed by atoms with Gasteiger partial charge in [-0.25, -0.2) is 4.98 Å². The number of thiazole rings is 1. The van der Waals surface area contributed by atoms with Gasteiger partial charge in [0.1, 0.15) is 0 Å². The second-order valence-electron chi connectivity index (χ2n) is 6.23. The maximum atomic E-state index is 12.6. The maximum Gasteiger partial charge on any atom is 0.307 e. The monoisotopic (exact) mass is 340 g/mol. The summed E-state index contributed by atoms with van der Waals surface area (Å²) in [5.74, 6) is -2.29. The molecule has 0 spiro atoms. The Labute approximate surface area is 143 Å². The highest BCUT2D eigenvalue weighted by molar-refractivity contribution is 7.14. The highest BCUT2D eigenvalue weighted by Crippen LogP contribution is 2.48. The minimum Gasteiger partial charge on any atom is -0.481 e. The van der Waals surface area contributed by atoms with Crippen LogP contribution in [0.25, 0.3) is 11.3 Å².